The highest BCUT2D eigenvalue weighted by atomic mass is 19.4. The number of alkyl halides is 3. The number of hydrogen-bond acceptors (Lipinski definition) is 3. The summed E-state index contributed by atoms with van der Waals surface area (Å²) >= 11 is 0. The zero-order chi connectivity index (χ0) is 18.4. The fourth-order valence-electron chi connectivity index (χ4n) is 2.13. The highest BCUT2D eigenvalue weighted by Gasteiger charge is 2.31. The van der Waals surface area contributed by atoms with Crippen molar-refractivity contribution in [2.24, 2.45) is 0 Å². The summed E-state index contributed by atoms with van der Waals surface area (Å²) in [6.45, 7) is 4.13. The van der Waals surface area contributed by atoms with Crippen LogP contribution in [0.15, 0.2) is 60.8 Å². The number of benzene rings is 2. The second-order valence-electron chi connectivity index (χ2n) is 5.69. The molecule has 6 heteroatoms. The van der Waals surface area contributed by atoms with Gasteiger partial charge in [-0.3, -0.25) is 4.79 Å². The van der Waals surface area contributed by atoms with Gasteiger partial charge in [-0.05, 0) is 23.6 Å². The minimum atomic E-state index is -4.74. The lowest BCUT2D eigenvalue weighted by Crippen LogP contribution is -2.17. The van der Waals surface area contributed by atoms with Gasteiger partial charge in [0, 0.05) is 29.6 Å². The van der Waals surface area contributed by atoms with Gasteiger partial charge in [0.1, 0.15) is 5.75 Å². The Morgan fingerprint density at radius 1 is 1.12 bits per heavy atom. The molecule has 0 aliphatic rings. The number of halogens is 3. The average molecular weight is 349 g/mol. The maximum atomic E-state index is 12.2. The number of anilines is 1. The van der Waals surface area contributed by atoms with Gasteiger partial charge in [0.2, 0.25) is 0 Å². The SMILES string of the molecule is CC(C)c1ccc(C(=O)/C=C/Nc2cccc(OC(F)(F)F)c2)cc1. The van der Waals surface area contributed by atoms with Crippen LogP contribution in [-0.4, -0.2) is 12.1 Å². The second-order valence-corrected chi connectivity index (χ2v) is 5.69. The normalized spacial score (nSPS) is 11.8. The molecule has 0 saturated carbocycles. The quantitative estimate of drug-likeness (QED) is 0.551. The topological polar surface area (TPSA) is 38.3 Å². The third-order valence-corrected chi connectivity index (χ3v) is 3.41. The van der Waals surface area contributed by atoms with Crippen molar-refractivity contribution in [2.75, 3.05) is 5.32 Å². The molecule has 2 aromatic rings. The molecular formula is C19H18F3NO2. The molecular weight excluding hydrogens is 331 g/mol. The van der Waals surface area contributed by atoms with Crippen LogP contribution in [-0.2, 0) is 0 Å². The van der Waals surface area contributed by atoms with Crippen LogP contribution in [0.3, 0.4) is 0 Å². The Bertz CT molecular complexity index is 750. The van der Waals surface area contributed by atoms with Gasteiger partial charge in [0.15, 0.2) is 5.78 Å². The summed E-state index contributed by atoms with van der Waals surface area (Å²) in [4.78, 5) is 12.1. The van der Waals surface area contributed by atoms with E-state index in [1.54, 1.807) is 18.2 Å². The van der Waals surface area contributed by atoms with E-state index < -0.39 is 6.36 Å². The van der Waals surface area contributed by atoms with E-state index in [-0.39, 0.29) is 11.5 Å². The van der Waals surface area contributed by atoms with E-state index in [1.807, 2.05) is 12.1 Å². The number of hydrogen-bond donors (Lipinski definition) is 1. The van der Waals surface area contributed by atoms with Crippen LogP contribution in [0.2, 0.25) is 0 Å². The minimum absolute atomic E-state index is 0.203. The van der Waals surface area contributed by atoms with Gasteiger partial charge in [-0.25, -0.2) is 0 Å². The Labute approximate surface area is 144 Å². The monoisotopic (exact) mass is 349 g/mol. The molecule has 0 amide bonds. The van der Waals surface area contributed by atoms with E-state index in [2.05, 4.69) is 23.9 Å². The summed E-state index contributed by atoms with van der Waals surface area (Å²) in [7, 11) is 0. The van der Waals surface area contributed by atoms with Crippen molar-refractivity contribution in [3.05, 3.63) is 71.9 Å². The van der Waals surface area contributed by atoms with Crippen molar-refractivity contribution in [1.29, 1.82) is 0 Å². The predicted octanol–water partition coefficient (Wildman–Crippen LogP) is 5.52. The predicted molar refractivity (Wildman–Crippen MR) is 90.7 cm³/mol. The van der Waals surface area contributed by atoms with Crippen LogP contribution in [0.1, 0.15) is 35.7 Å². The second kappa shape index (κ2) is 7.88. The third-order valence-electron chi connectivity index (χ3n) is 3.41. The maximum absolute atomic E-state index is 12.2. The molecule has 0 spiro atoms. The molecule has 0 fully saturated rings. The maximum Gasteiger partial charge on any atom is 0.573 e. The van der Waals surface area contributed by atoms with Crippen LogP contribution in [0, 0.1) is 0 Å². The van der Waals surface area contributed by atoms with E-state index >= 15 is 0 Å². The third kappa shape index (κ3) is 5.99. The van der Waals surface area contributed by atoms with Crippen molar-refractivity contribution in [2.45, 2.75) is 26.1 Å². The standard InChI is InChI=1S/C19H18F3NO2/c1-13(2)14-6-8-15(9-7-14)18(24)10-11-23-16-4-3-5-17(12-16)25-19(20,21)22/h3-13,23H,1-2H3/b11-10+. The largest absolute Gasteiger partial charge is 0.573 e. The van der Waals surface area contributed by atoms with E-state index in [9.17, 15) is 18.0 Å². The molecule has 132 valence electrons. The number of allylic oxidation sites excluding steroid dienone is 1. The van der Waals surface area contributed by atoms with Gasteiger partial charge in [-0.2, -0.15) is 0 Å². The van der Waals surface area contributed by atoms with Crippen molar-refractivity contribution in [3.8, 4) is 5.75 Å². The van der Waals surface area contributed by atoms with Crippen molar-refractivity contribution < 1.29 is 22.7 Å². The number of rotatable bonds is 6. The van der Waals surface area contributed by atoms with Gasteiger partial charge < -0.3 is 10.1 Å². The van der Waals surface area contributed by atoms with Crippen LogP contribution in [0.25, 0.3) is 0 Å². The lowest BCUT2D eigenvalue weighted by molar-refractivity contribution is -0.274. The van der Waals surface area contributed by atoms with Gasteiger partial charge in [0.05, 0.1) is 0 Å². The fraction of sp³-hybridized carbons (Fsp3) is 0.211. The minimum Gasteiger partial charge on any atom is -0.406 e. The van der Waals surface area contributed by atoms with E-state index in [0.29, 0.717) is 17.2 Å². The molecule has 3 nitrogen and oxygen atoms in total. The molecule has 0 aliphatic carbocycles. The smallest absolute Gasteiger partial charge is 0.406 e. The molecule has 0 atom stereocenters. The first-order chi connectivity index (χ1) is 11.7. The highest BCUT2D eigenvalue weighted by Crippen LogP contribution is 2.25. The van der Waals surface area contributed by atoms with E-state index in [0.717, 1.165) is 5.56 Å². The van der Waals surface area contributed by atoms with Gasteiger partial charge >= 0.3 is 6.36 Å². The summed E-state index contributed by atoms with van der Waals surface area (Å²) in [5.74, 6) is -0.153. The molecule has 2 rings (SSSR count). The number of ketones is 1. The molecule has 1 N–H and O–H groups in total. The molecule has 0 heterocycles. The fourth-order valence-corrected chi connectivity index (χ4v) is 2.13. The number of nitrogens with one attached hydrogen (secondary N) is 1. The van der Waals surface area contributed by atoms with Crippen molar-refractivity contribution in [1.82, 2.24) is 0 Å². The molecule has 0 saturated heterocycles. The molecule has 25 heavy (non-hydrogen) atoms. The van der Waals surface area contributed by atoms with Gasteiger partial charge in [-0.1, -0.05) is 44.2 Å². The first-order valence-corrected chi connectivity index (χ1v) is 7.68. The van der Waals surface area contributed by atoms with Crippen LogP contribution < -0.4 is 10.1 Å². The Kier molecular flexibility index (Phi) is 5.85. The van der Waals surface area contributed by atoms with Gasteiger partial charge in [0.25, 0.3) is 0 Å². The van der Waals surface area contributed by atoms with Crippen LogP contribution >= 0.6 is 0 Å². The molecule has 2 aromatic carbocycles. The summed E-state index contributed by atoms with van der Waals surface area (Å²) in [6, 6.07) is 12.7. The van der Waals surface area contributed by atoms with Crippen LogP contribution in [0.4, 0.5) is 18.9 Å². The summed E-state index contributed by atoms with van der Waals surface area (Å²) in [6.07, 6.45) is -2.04. The van der Waals surface area contributed by atoms with Gasteiger partial charge in [-0.15, -0.1) is 13.2 Å². The van der Waals surface area contributed by atoms with Crippen LogP contribution in [0.5, 0.6) is 5.75 Å². The lowest BCUT2D eigenvalue weighted by atomic mass is 10.0. The highest BCUT2D eigenvalue weighted by molar-refractivity contribution is 6.04. The summed E-state index contributed by atoms with van der Waals surface area (Å²) in [5, 5.41) is 2.75. The molecule has 0 radical (unpaired) electrons. The zero-order valence-electron chi connectivity index (χ0n) is 13.8. The number of carbonyl (C=O) groups excluding carboxylic acids is 1. The average Bonchev–Trinajstić information content (AvgIpc) is 2.53. The number of carbonyl (C=O) groups is 1. The Morgan fingerprint density at radius 3 is 2.40 bits per heavy atom. The first-order valence-electron chi connectivity index (χ1n) is 7.68. The lowest BCUT2D eigenvalue weighted by Gasteiger charge is -2.09. The first kappa shape index (κ1) is 18.6. The summed E-state index contributed by atoms with van der Waals surface area (Å²) in [5.41, 5.74) is 2.05. The molecule has 0 aliphatic heterocycles. The zero-order valence-corrected chi connectivity index (χ0v) is 13.8. The molecule has 0 bridgehead atoms. The molecule has 0 aromatic heterocycles. The van der Waals surface area contributed by atoms with E-state index in [1.165, 1.54) is 30.5 Å². The van der Waals surface area contributed by atoms with E-state index in [4.69, 9.17) is 0 Å². The van der Waals surface area contributed by atoms with Crippen molar-refractivity contribution >= 4 is 11.5 Å². The Morgan fingerprint density at radius 2 is 1.80 bits per heavy atom. The molecule has 0 unspecified atom stereocenters. The number of ether oxygens (including phenoxy) is 1. The Balaban J connectivity index is 1.98. The van der Waals surface area contributed by atoms with Crippen molar-refractivity contribution in [3.63, 3.8) is 0 Å². The summed E-state index contributed by atoms with van der Waals surface area (Å²) < 4.78 is 40.4. The Hall–Kier alpha value is -2.76.